The average molecular weight is 324 g/mol. The van der Waals surface area contributed by atoms with Crippen molar-refractivity contribution in [2.24, 2.45) is 0 Å². The summed E-state index contributed by atoms with van der Waals surface area (Å²) in [7, 11) is 0. The molecule has 1 N–H and O–H groups in total. The Hall–Kier alpha value is -1.54. The molecule has 3 heterocycles. The highest BCUT2D eigenvalue weighted by Gasteiger charge is 2.42. The maximum atomic E-state index is 12.6. The third-order valence-electron chi connectivity index (χ3n) is 3.75. The number of nitrogens with one attached hydrogen (secondary N) is 1. The molecule has 21 heavy (non-hydrogen) atoms. The molecule has 0 radical (unpaired) electrons. The Bertz CT molecular complexity index is 723. The zero-order valence-electron chi connectivity index (χ0n) is 12.0. The van der Waals surface area contributed by atoms with E-state index in [1.165, 1.54) is 16.3 Å². The highest BCUT2D eigenvalue weighted by molar-refractivity contribution is 8.01. The molecule has 1 atom stereocenters. The molecule has 0 bridgehead atoms. The molecule has 1 aliphatic rings. The summed E-state index contributed by atoms with van der Waals surface area (Å²) in [4.78, 5) is 29.3. The number of carbonyl (C=O) groups excluding carboxylic acids is 2. The van der Waals surface area contributed by atoms with Gasteiger partial charge < -0.3 is 0 Å². The number of thiazole rings is 1. The van der Waals surface area contributed by atoms with Gasteiger partial charge in [-0.15, -0.1) is 23.1 Å². The van der Waals surface area contributed by atoms with E-state index in [1.54, 1.807) is 23.1 Å². The van der Waals surface area contributed by atoms with E-state index in [-0.39, 0.29) is 16.7 Å². The van der Waals surface area contributed by atoms with Crippen molar-refractivity contribution in [1.29, 1.82) is 0 Å². The molecule has 2 amide bonds. The molecule has 0 aromatic carbocycles. The van der Waals surface area contributed by atoms with Gasteiger partial charge in [-0.1, -0.05) is 6.92 Å². The van der Waals surface area contributed by atoms with Crippen LogP contribution in [0.25, 0.3) is 4.96 Å². The fourth-order valence-corrected chi connectivity index (χ4v) is 4.18. The first-order chi connectivity index (χ1) is 9.96. The van der Waals surface area contributed by atoms with Gasteiger partial charge in [0.05, 0.1) is 11.4 Å². The number of aryl methyl sites for hydroxylation is 1. The summed E-state index contributed by atoms with van der Waals surface area (Å²) < 4.78 is 1.76. The molecule has 0 spiro atoms. The third-order valence-corrected chi connectivity index (χ3v) is 5.99. The van der Waals surface area contributed by atoms with E-state index in [0.717, 1.165) is 11.4 Å². The van der Waals surface area contributed by atoms with Crippen molar-refractivity contribution in [3.63, 3.8) is 0 Å². The quantitative estimate of drug-likeness (QED) is 0.938. The first-order valence-electron chi connectivity index (χ1n) is 6.66. The van der Waals surface area contributed by atoms with E-state index < -0.39 is 0 Å². The van der Waals surface area contributed by atoms with Crippen molar-refractivity contribution in [2.45, 2.75) is 32.1 Å². The molecule has 1 saturated heterocycles. The second-order valence-corrected chi connectivity index (χ2v) is 7.42. The number of rotatable bonds is 3. The zero-order valence-corrected chi connectivity index (χ0v) is 13.7. The van der Waals surface area contributed by atoms with Crippen molar-refractivity contribution >= 4 is 39.9 Å². The summed E-state index contributed by atoms with van der Waals surface area (Å²) in [5, 5.41) is 3.34. The normalized spacial score (nSPS) is 22.2. The van der Waals surface area contributed by atoms with Crippen LogP contribution in [0.2, 0.25) is 0 Å². The number of thioether (sulfide) groups is 1. The summed E-state index contributed by atoms with van der Waals surface area (Å²) in [6.45, 7) is 5.77. The molecule has 0 aliphatic carbocycles. The molecular formula is C13H16N4O2S2. The number of hydrogen-bond acceptors (Lipinski definition) is 5. The lowest BCUT2D eigenvalue weighted by Gasteiger charge is -2.32. The molecule has 112 valence electrons. The lowest BCUT2D eigenvalue weighted by atomic mass is 10.2. The Morgan fingerprint density at radius 1 is 1.57 bits per heavy atom. The van der Waals surface area contributed by atoms with Gasteiger partial charge in [0.15, 0.2) is 4.96 Å². The average Bonchev–Trinajstić information content (AvgIpc) is 3.07. The van der Waals surface area contributed by atoms with Crippen LogP contribution in [-0.2, 0) is 4.79 Å². The van der Waals surface area contributed by atoms with E-state index in [9.17, 15) is 9.59 Å². The molecule has 3 rings (SSSR count). The van der Waals surface area contributed by atoms with Crippen molar-refractivity contribution in [2.75, 3.05) is 5.75 Å². The van der Waals surface area contributed by atoms with E-state index in [1.807, 2.05) is 25.4 Å². The molecule has 2 aromatic heterocycles. The summed E-state index contributed by atoms with van der Waals surface area (Å²) in [5.74, 6) is 0.0273. The highest BCUT2D eigenvalue weighted by Crippen LogP contribution is 2.37. The fourth-order valence-electron chi connectivity index (χ4n) is 2.37. The van der Waals surface area contributed by atoms with Crippen molar-refractivity contribution in [1.82, 2.24) is 19.8 Å². The first-order valence-corrected chi connectivity index (χ1v) is 8.53. The number of nitrogens with zero attached hydrogens (tertiary/aromatic N) is 3. The van der Waals surface area contributed by atoms with Crippen LogP contribution in [0.3, 0.4) is 0 Å². The number of hydrogen-bond donors (Lipinski definition) is 1. The second kappa shape index (κ2) is 5.03. The molecular weight excluding hydrogens is 308 g/mol. The zero-order chi connectivity index (χ0) is 15.2. The van der Waals surface area contributed by atoms with E-state index in [4.69, 9.17) is 0 Å². The molecule has 1 aliphatic heterocycles. The minimum absolute atomic E-state index is 0.0681. The monoisotopic (exact) mass is 324 g/mol. The summed E-state index contributed by atoms with van der Waals surface area (Å²) in [6.07, 6.45) is 2.58. The first kappa shape index (κ1) is 14.4. The van der Waals surface area contributed by atoms with Gasteiger partial charge >= 0.3 is 0 Å². The molecule has 1 fully saturated rings. The largest absolute Gasteiger partial charge is 0.288 e. The fraction of sp³-hybridized carbons (Fsp3) is 0.462. The molecule has 2 aromatic rings. The summed E-state index contributed by atoms with van der Waals surface area (Å²) in [6, 6.07) is 0. The van der Waals surface area contributed by atoms with Crippen LogP contribution in [0.5, 0.6) is 0 Å². The van der Waals surface area contributed by atoms with Crippen LogP contribution in [0.1, 0.15) is 36.5 Å². The van der Waals surface area contributed by atoms with Crippen molar-refractivity contribution in [3.05, 3.63) is 23.0 Å². The topological polar surface area (TPSA) is 66.7 Å². The maximum Gasteiger partial charge on any atom is 0.288 e. The molecule has 6 nitrogen and oxygen atoms in total. The lowest BCUT2D eigenvalue weighted by molar-refractivity contribution is -0.132. The lowest BCUT2D eigenvalue weighted by Crippen LogP contribution is -2.53. The number of aromatic nitrogens is 2. The minimum atomic E-state index is -0.390. The Morgan fingerprint density at radius 2 is 2.33 bits per heavy atom. The Kier molecular flexibility index (Phi) is 3.45. The maximum absolute atomic E-state index is 12.6. The van der Waals surface area contributed by atoms with E-state index >= 15 is 0 Å². The van der Waals surface area contributed by atoms with Gasteiger partial charge in [-0.25, -0.2) is 9.99 Å². The van der Waals surface area contributed by atoms with Gasteiger partial charge in [-0.2, -0.15) is 0 Å². The van der Waals surface area contributed by atoms with Gasteiger partial charge in [0.2, 0.25) is 0 Å². The number of amides is 2. The summed E-state index contributed by atoms with van der Waals surface area (Å²) >= 11 is 3.03. The van der Waals surface area contributed by atoms with E-state index in [2.05, 4.69) is 10.4 Å². The van der Waals surface area contributed by atoms with Crippen LogP contribution in [0.4, 0.5) is 0 Å². The molecule has 1 unspecified atom stereocenters. The van der Waals surface area contributed by atoms with Gasteiger partial charge in [-0.05, 0) is 20.3 Å². The number of carbonyl (C=O) groups is 2. The SMILES string of the molecule is CCC1(C)SCC(=O)N1NC(=O)c1c(C)nc2sccn12. The Balaban J connectivity index is 1.91. The minimum Gasteiger partial charge on any atom is -0.286 e. The van der Waals surface area contributed by atoms with Crippen LogP contribution >= 0.6 is 23.1 Å². The predicted molar refractivity (Wildman–Crippen MR) is 83.3 cm³/mol. The van der Waals surface area contributed by atoms with Crippen LogP contribution in [0.15, 0.2) is 11.6 Å². The second-order valence-electron chi connectivity index (χ2n) is 5.09. The van der Waals surface area contributed by atoms with Crippen LogP contribution < -0.4 is 5.43 Å². The Morgan fingerprint density at radius 3 is 3.05 bits per heavy atom. The van der Waals surface area contributed by atoms with Gasteiger partial charge in [0.25, 0.3) is 11.8 Å². The standard InChI is InChI=1S/C13H16N4O2S2/c1-4-13(3)17(9(18)7-21-13)15-11(19)10-8(2)14-12-16(10)5-6-20-12/h5-6H,4,7H2,1-3H3,(H,15,19). The van der Waals surface area contributed by atoms with Gasteiger partial charge in [-0.3, -0.25) is 19.4 Å². The van der Waals surface area contributed by atoms with Gasteiger partial charge in [0, 0.05) is 11.6 Å². The van der Waals surface area contributed by atoms with Crippen molar-refractivity contribution < 1.29 is 9.59 Å². The third kappa shape index (κ3) is 2.22. The summed E-state index contributed by atoms with van der Waals surface area (Å²) in [5.41, 5.74) is 3.91. The van der Waals surface area contributed by atoms with Crippen LogP contribution in [0, 0.1) is 6.92 Å². The van der Waals surface area contributed by atoms with E-state index in [0.29, 0.717) is 17.1 Å². The van der Waals surface area contributed by atoms with Crippen molar-refractivity contribution in [3.8, 4) is 0 Å². The molecule has 8 heteroatoms. The van der Waals surface area contributed by atoms with Crippen LogP contribution in [-0.4, -0.2) is 36.8 Å². The predicted octanol–water partition coefficient (Wildman–Crippen LogP) is 2.05. The van der Waals surface area contributed by atoms with Gasteiger partial charge in [0.1, 0.15) is 10.6 Å². The highest BCUT2D eigenvalue weighted by atomic mass is 32.2. The Labute approximate surface area is 130 Å². The molecule has 0 saturated carbocycles. The number of imidazole rings is 1. The number of fused-ring (bicyclic) bond motifs is 1. The smallest absolute Gasteiger partial charge is 0.286 e. The number of hydrazine groups is 1.